The van der Waals surface area contributed by atoms with Crippen molar-refractivity contribution >= 4 is 17.3 Å². The third kappa shape index (κ3) is 3.70. The van der Waals surface area contributed by atoms with Crippen molar-refractivity contribution in [3.05, 3.63) is 33.9 Å². The molecule has 2 N–H and O–H groups in total. The molecular formula is C11H14N2O5. The molecule has 0 aliphatic rings. The third-order valence-corrected chi connectivity index (χ3v) is 2.25. The van der Waals surface area contributed by atoms with E-state index < -0.39 is 16.9 Å². The molecule has 1 aromatic rings. The van der Waals surface area contributed by atoms with Gasteiger partial charge in [0.1, 0.15) is 6.04 Å². The lowest BCUT2D eigenvalue weighted by Gasteiger charge is -2.15. The Labute approximate surface area is 104 Å². The number of carbonyl (C=O) groups is 1. The highest BCUT2D eigenvalue weighted by atomic mass is 16.6. The quantitative estimate of drug-likeness (QED) is 0.588. The number of nitro groups is 1. The van der Waals surface area contributed by atoms with Gasteiger partial charge in [-0.25, -0.2) is 4.79 Å². The highest BCUT2D eigenvalue weighted by Crippen LogP contribution is 2.21. The van der Waals surface area contributed by atoms with Crippen LogP contribution in [0.25, 0.3) is 0 Å². The summed E-state index contributed by atoms with van der Waals surface area (Å²) in [7, 11) is 1.39. The molecule has 0 heterocycles. The van der Waals surface area contributed by atoms with E-state index in [2.05, 4.69) is 5.32 Å². The number of nitrogens with one attached hydrogen (secondary N) is 1. The Kier molecular flexibility index (Phi) is 4.61. The maximum absolute atomic E-state index is 10.9. The molecular weight excluding hydrogens is 240 g/mol. The van der Waals surface area contributed by atoms with Crippen LogP contribution in [-0.2, 0) is 9.53 Å². The Bertz CT molecular complexity index is 461. The summed E-state index contributed by atoms with van der Waals surface area (Å²) in [6.07, 6.45) is 0. The summed E-state index contributed by atoms with van der Waals surface area (Å²) < 4.78 is 4.77. The van der Waals surface area contributed by atoms with Crippen molar-refractivity contribution in [3.63, 3.8) is 0 Å². The van der Waals surface area contributed by atoms with Gasteiger partial charge < -0.3 is 15.2 Å². The monoisotopic (exact) mass is 254 g/mol. The first-order valence-corrected chi connectivity index (χ1v) is 5.18. The van der Waals surface area contributed by atoms with E-state index in [9.17, 15) is 14.9 Å². The number of hydrogen-bond donors (Lipinski definition) is 2. The summed E-state index contributed by atoms with van der Waals surface area (Å²) in [5, 5.41) is 22.3. The molecule has 18 heavy (non-hydrogen) atoms. The molecule has 98 valence electrons. The second-order valence-corrected chi connectivity index (χ2v) is 3.80. The van der Waals surface area contributed by atoms with Gasteiger partial charge in [0, 0.05) is 24.9 Å². The van der Waals surface area contributed by atoms with Crippen LogP contribution < -0.4 is 5.32 Å². The number of carboxylic acids is 1. The van der Waals surface area contributed by atoms with Crippen LogP contribution in [0.2, 0.25) is 0 Å². The topological polar surface area (TPSA) is 102 Å². The van der Waals surface area contributed by atoms with Gasteiger partial charge >= 0.3 is 5.97 Å². The first kappa shape index (κ1) is 13.9. The summed E-state index contributed by atoms with van der Waals surface area (Å²) >= 11 is 0. The zero-order valence-electron chi connectivity index (χ0n) is 10.0. The van der Waals surface area contributed by atoms with Crippen molar-refractivity contribution in [2.24, 2.45) is 0 Å². The van der Waals surface area contributed by atoms with Gasteiger partial charge in [-0.15, -0.1) is 0 Å². The van der Waals surface area contributed by atoms with E-state index in [4.69, 9.17) is 9.84 Å². The molecule has 7 nitrogen and oxygen atoms in total. The van der Waals surface area contributed by atoms with E-state index in [0.29, 0.717) is 11.3 Å². The fourth-order valence-electron chi connectivity index (χ4n) is 1.49. The van der Waals surface area contributed by atoms with Gasteiger partial charge in [-0.1, -0.05) is 0 Å². The Balaban J connectivity index is 2.95. The number of benzene rings is 1. The molecule has 0 radical (unpaired) electrons. The van der Waals surface area contributed by atoms with Crippen LogP contribution in [0.4, 0.5) is 11.4 Å². The predicted molar refractivity (Wildman–Crippen MR) is 64.8 cm³/mol. The molecule has 0 saturated carbocycles. The number of rotatable bonds is 6. The number of anilines is 1. The van der Waals surface area contributed by atoms with Gasteiger partial charge in [-0.3, -0.25) is 10.1 Å². The van der Waals surface area contributed by atoms with E-state index >= 15 is 0 Å². The van der Waals surface area contributed by atoms with Gasteiger partial charge in [0.15, 0.2) is 0 Å². The minimum atomic E-state index is -1.08. The lowest BCUT2D eigenvalue weighted by Crippen LogP contribution is -2.33. The zero-order valence-corrected chi connectivity index (χ0v) is 10.0. The van der Waals surface area contributed by atoms with Crippen LogP contribution >= 0.6 is 0 Å². The lowest BCUT2D eigenvalue weighted by molar-refractivity contribution is -0.384. The van der Waals surface area contributed by atoms with Gasteiger partial charge in [-0.05, 0) is 18.6 Å². The minimum absolute atomic E-state index is 0.0307. The minimum Gasteiger partial charge on any atom is -0.480 e. The van der Waals surface area contributed by atoms with E-state index in [1.54, 1.807) is 13.0 Å². The molecule has 1 atom stereocenters. The predicted octanol–water partition coefficient (Wildman–Crippen LogP) is 1.41. The molecule has 1 rings (SSSR count). The molecule has 0 spiro atoms. The summed E-state index contributed by atoms with van der Waals surface area (Å²) in [6.45, 7) is 1.67. The maximum Gasteiger partial charge on any atom is 0.328 e. The number of methoxy groups -OCH3 is 1. The van der Waals surface area contributed by atoms with E-state index in [0.717, 1.165) is 0 Å². The Morgan fingerprint density at radius 3 is 2.72 bits per heavy atom. The second kappa shape index (κ2) is 5.97. The summed E-state index contributed by atoms with van der Waals surface area (Å²) in [6, 6.07) is 3.39. The number of ether oxygens (including phenoxy) is 1. The summed E-state index contributed by atoms with van der Waals surface area (Å²) in [5.74, 6) is -1.08. The average molecular weight is 254 g/mol. The highest BCUT2D eigenvalue weighted by molar-refractivity contribution is 5.77. The molecule has 7 heteroatoms. The van der Waals surface area contributed by atoms with Gasteiger partial charge in [0.25, 0.3) is 5.69 Å². The maximum atomic E-state index is 10.9. The molecule has 0 aromatic heterocycles. The van der Waals surface area contributed by atoms with Crippen LogP contribution in [0.3, 0.4) is 0 Å². The molecule has 0 saturated heterocycles. The van der Waals surface area contributed by atoms with Crippen molar-refractivity contribution in [1.82, 2.24) is 0 Å². The number of hydrogen-bond acceptors (Lipinski definition) is 5. The number of nitro benzene ring substituents is 1. The smallest absolute Gasteiger partial charge is 0.328 e. The van der Waals surface area contributed by atoms with E-state index in [1.165, 1.54) is 19.2 Å². The standard InChI is InChI=1S/C11H14N2O5/c1-7-3-8(5-9(4-7)13(16)17)12-10(6-18-2)11(14)15/h3-5,10,12H,6H2,1-2H3,(H,14,15). The van der Waals surface area contributed by atoms with Gasteiger partial charge in [-0.2, -0.15) is 0 Å². The Hall–Kier alpha value is -2.15. The molecule has 0 aliphatic heterocycles. The Morgan fingerprint density at radius 2 is 2.22 bits per heavy atom. The zero-order chi connectivity index (χ0) is 13.7. The summed E-state index contributed by atoms with van der Waals surface area (Å²) in [5.41, 5.74) is 0.971. The van der Waals surface area contributed by atoms with E-state index in [1.807, 2.05) is 0 Å². The number of carboxylic acid groups (broad SMARTS) is 1. The normalized spacial score (nSPS) is 11.9. The first-order valence-electron chi connectivity index (χ1n) is 5.18. The van der Waals surface area contributed by atoms with Gasteiger partial charge in [0.05, 0.1) is 11.5 Å². The first-order chi connectivity index (χ1) is 8.43. The largest absolute Gasteiger partial charge is 0.480 e. The van der Waals surface area contributed by atoms with Crippen LogP contribution in [-0.4, -0.2) is 35.8 Å². The van der Waals surface area contributed by atoms with Crippen molar-refractivity contribution in [1.29, 1.82) is 0 Å². The van der Waals surface area contributed by atoms with E-state index in [-0.39, 0.29) is 12.3 Å². The summed E-state index contributed by atoms with van der Waals surface area (Å²) in [4.78, 5) is 21.1. The molecule has 1 unspecified atom stereocenters. The Morgan fingerprint density at radius 1 is 1.56 bits per heavy atom. The van der Waals surface area contributed by atoms with Crippen molar-refractivity contribution in [2.75, 3.05) is 19.0 Å². The SMILES string of the molecule is COCC(Nc1cc(C)cc([N+](=O)[O-])c1)C(=O)O. The van der Waals surface area contributed by atoms with Crippen molar-refractivity contribution in [3.8, 4) is 0 Å². The van der Waals surface area contributed by atoms with Crippen molar-refractivity contribution in [2.45, 2.75) is 13.0 Å². The number of aryl methyl sites for hydroxylation is 1. The molecule has 0 bridgehead atoms. The van der Waals surface area contributed by atoms with Crippen LogP contribution in [0.1, 0.15) is 5.56 Å². The molecule has 0 aliphatic carbocycles. The fourth-order valence-corrected chi connectivity index (χ4v) is 1.49. The molecule has 0 fully saturated rings. The number of aliphatic carboxylic acids is 1. The van der Waals surface area contributed by atoms with Crippen LogP contribution in [0.5, 0.6) is 0 Å². The van der Waals surface area contributed by atoms with Gasteiger partial charge in [0.2, 0.25) is 0 Å². The number of nitrogens with zero attached hydrogens (tertiary/aromatic N) is 1. The fraction of sp³-hybridized carbons (Fsp3) is 0.364. The molecule has 0 amide bonds. The highest BCUT2D eigenvalue weighted by Gasteiger charge is 2.18. The lowest BCUT2D eigenvalue weighted by atomic mass is 10.2. The number of non-ortho nitro benzene ring substituents is 1. The van der Waals surface area contributed by atoms with Crippen LogP contribution in [0, 0.1) is 17.0 Å². The van der Waals surface area contributed by atoms with Crippen LogP contribution in [0.15, 0.2) is 18.2 Å². The molecule has 1 aromatic carbocycles. The average Bonchev–Trinajstić information content (AvgIpc) is 2.27. The van der Waals surface area contributed by atoms with Crippen molar-refractivity contribution < 1.29 is 19.6 Å². The second-order valence-electron chi connectivity index (χ2n) is 3.80. The third-order valence-electron chi connectivity index (χ3n) is 2.25.